The number of hydrogen-bond donors (Lipinski definition) is 1. The van der Waals surface area contributed by atoms with Crippen LogP contribution >= 0.6 is 0 Å². The van der Waals surface area contributed by atoms with Gasteiger partial charge in [-0.3, -0.25) is 0 Å². The van der Waals surface area contributed by atoms with Crippen molar-refractivity contribution in [2.24, 2.45) is 5.92 Å². The Morgan fingerprint density at radius 2 is 1.62 bits per heavy atom. The zero-order valence-electron chi connectivity index (χ0n) is 19.8. The monoisotopic (exact) mass is 470 g/mol. The van der Waals surface area contributed by atoms with Crippen molar-refractivity contribution in [2.45, 2.75) is 44.4 Å². The fraction of sp³-hybridized carbons (Fsp3) is 0.310. The fourth-order valence-corrected chi connectivity index (χ4v) is 4.32. The molecule has 3 rings (SSSR count). The van der Waals surface area contributed by atoms with Crippen molar-refractivity contribution in [1.82, 2.24) is 0 Å². The predicted octanol–water partition coefficient (Wildman–Crippen LogP) is 8.76. The van der Waals surface area contributed by atoms with E-state index in [1.54, 1.807) is 24.3 Å². The van der Waals surface area contributed by atoms with Crippen molar-refractivity contribution in [1.29, 1.82) is 0 Å². The van der Waals surface area contributed by atoms with Crippen LogP contribution in [0.1, 0.15) is 50.0 Å². The minimum absolute atomic E-state index is 0.0137. The summed E-state index contributed by atoms with van der Waals surface area (Å²) in [6.07, 6.45) is 6.31. The van der Waals surface area contributed by atoms with Gasteiger partial charge in [-0.15, -0.1) is 13.2 Å². The Balaban J connectivity index is 0.00000199. The van der Waals surface area contributed by atoms with Gasteiger partial charge in [-0.1, -0.05) is 43.0 Å². The largest absolute Gasteiger partial charge is 0.508 e. The maximum Gasteiger partial charge on any atom is 0.166 e. The lowest BCUT2D eigenvalue weighted by Crippen LogP contribution is -2.15. The molecule has 182 valence electrons. The molecule has 0 amide bonds. The van der Waals surface area contributed by atoms with Crippen LogP contribution in [0.25, 0.3) is 11.1 Å². The van der Waals surface area contributed by atoms with Gasteiger partial charge in [0.25, 0.3) is 0 Å². The van der Waals surface area contributed by atoms with Crippen LogP contribution in [0.5, 0.6) is 5.75 Å². The lowest BCUT2D eigenvalue weighted by atomic mass is 9.76. The topological polar surface area (TPSA) is 29.5 Å². The summed E-state index contributed by atoms with van der Waals surface area (Å²) in [6.45, 7) is 13.4. The summed E-state index contributed by atoms with van der Waals surface area (Å²) in [6, 6.07) is 9.34. The van der Waals surface area contributed by atoms with E-state index in [1.807, 2.05) is 0 Å². The number of halogens is 3. The summed E-state index contributed by atoms with van der Waals surface area (Å²) < 4.78 is 48.2. The summed E-state index contributed by atoms with van der Waals surface area (Å²) in [5.74, 6) is -1.65. The second-order valence-electron chi connectivity index (χ2n) is 8.41. The molecule has 0 unspecified atom stereocenters. The highest BCUT2D eigenvalue weighted by molar-refractivity contribution is 5.65. The molecule has 2 aromatic rings. The van der Waals surface area contributed by atoms with Gasteiger partial charge in [-0.25, -0.2) is 13.2 Å². The second-order valence-corrected chi connectivity index (χ2v) is 8.41. The lowest BCUT2D eigenvalue weighted by molar-refractivity contribution is 0.285. The highest BCUT2D eigenvalue weighted by Crippen LogP contribution is 2.40. The van der Waals surface area contributed by atoms with E-state index in [9.17, 15) is 18.3 Å². The van der Waals surface area contributed by atoms with E-state index in [2.05, 4.69) is 26.3 Å². The number of benzene rings is 2. The average Bonchev–Trinajstić information content (AvgIpc) is 2.86. The van der Waals surface area contributed by atoms with Crippen LogP contribution in [-0.2, 0) is 4.74 Å². The standard InChI is InChI=1S/C27H29F3O2.C2H4/c1-17(16-25(28)18(2)32-3)4-5-19-6-8-20(9-7-19)23-14-15-24(27(30)26(23)29)21-10-12-22(31)13-11-21;1-2/h10-16,19-20,31H,1-2,4-9H2,3H3;1-2H2/b25-16+;. The van der Waals surface area contributed by atoms with Gasteiger partial charge < -0.3 is 9.84 Å². The SMILES string of the molecule is C=C.C=C(/C=C(/F)C(=C)OC)CCC1CCC(c2ccc(-c3ccc(O)cc3)c(F)c2F)CC1. The number of phenolic OH excluding ortho intramolecular Hbond substituents is 1. The molecule has 1 fully saturated rings. The molecule has 0 radical (unpaired) electrons. The fourth-order valence-electron chi connectivity index (χ4n) is 4.32. The molecule has 0 heterocycles. The average molecular weight is 471 g/mol. The van der Waals surface area contributed by atoms with Gasteiger partial charge in [0.05, 0.1) is 7.11 Å². The third-order valence-electron chi connectivity index (χ3n) is 6.29. The van der Waals surface area contributed by atoms with Gasteiger partial charge in [0.15, 0.2) is 17.5 Å². The molecule has 1 aliphatic rings. The molecular weight excluding hydrogens is 437 g/mol. The predicted molar refractivity (Wildman–Crippen MR) is 133 cm³/mol. The molecule has 0 atom stereocenters. The quantitative estimate of drug-likeness (QED) is 0.237. The molecule has 0 saturated heterocycles. The first kappa shape index (κ1) is 27.0. The number of aromatic hydroxyl groups is 1. The number of allylic oxidation sites excluding steroid dienone is 3. The highest BCUT2D eigenvalue weighted by atomic mass is 19.2. The summed E-state index contributed by atoms with van der Waals surface area (Å²) in [4.78, 5) is 0. The van der Waals surface area contributed by atoms with E-state index in [0.29, 0.717) is 29.0 Å². The molecule has 0 bridgehead atoms. The molecule has 1 N–H and O–H groups in total. The van der Waals surface area contributed by atoms with E-state index in [4.69, 9.17) is 4.74 Å². The van der Waals surface area contributed by atoms with Gasteiger partial charge >= 0.3 is 0 Å². The third kappa shape index (κ3) is 6.89. The van der Waals surface area contributed by atoms with Crippen molar-refractivity contribution < 1.29 is 23.0 Å². The Bertz CT molecular complexity index is 1020. The van der Waals surface area contributed by atoms with Crippen molar-refractivity contribution in [3.8, 4) is 16.9 Å². The van der Waals surface area contributed by atoms with E-state index < -0.39 is 17.5 Å². The smallest absolute Gasteiger partial charge is 0.166 e. The van der Waals surface area contributed by atoms with E-state index in [-0.39, 0.29) is 23.0 Å². The molecule has 5 heteroatoms. The Labute approximate surface area is 200 Å². The van der Waals surface area contributed by atoms with Crippen LogP contribution in [0, 0.1) is 17.6 Å². The summed E-state index contributed by atoms with van der Waals surface area (Å²) in [5, 5.41) is 9.40. The highest BCUT2D eigenvalue weighted by Gasteiger charge is 2.26. The molecule has 34 heavy (non-hydrogen) atoms. The summed E-state index contributed by atoms with van der Waals surface area (Å²) in [5.41, 5.74) is 1.82. The minimum atomic E-state index is -0.849. The van der Waals surface area contributed by atoms with Crippen LogP contribution in [0.15, 0.2) is 85.9 Å². The van der Waals surface area contributed by atoms with E-state index in [0.717, 1.165) is 32.1 Å². The van der Waals surface area contributed by atoms with Gasteiger partial charge in [-0.2, -0.15) is 0 Å². The number of phenols is 1. The molecule has 0 aliphatic heterocycles. The first-order valence-corrected chi connectivity index (χ1v) is 11.4. The second kappa shape index (κ2) is 12.9. The van der Waals surface area contributed by atoms with Crippen molar-refractivity contribution >= 4 is 0 Å². The van der Waals surface area contributed by atoms with Crippen LogP contribution in [-0.4, -0.2) is 12.2 Å². The maximum absolute atomic E-state index is 14.9. The van der Waals surface area contributed by atoms with Crippen LogP contribution in [0.4, 0.5) is 13.2 Å². The molecule has 1 aliphatic carbocycles. The Kier molecular flexibility index (Phi) is 10.2. The van der Waals surface area contributed by atoms with Crippen molar-refractivity contribution in [3.05, 3.63) is 103 Å². The Morgan fingerprint density at radius 1 is 1.00 bits per heavy atom. The molecule has 1 saturated carbocycles. The first-order valence-electron chi connectivity index (χ1n) is 11.4. The Hall–Kier alpha value is -3.21. The van der Waals surface area contributed by atoms with Crippen LogP contribution < -0.4 is 0 Å². The van der Waals surface area contributed by atoms with Crippen molar-refractivity contribution in [3.63, 3.8) is 0 Å². The number of methoxy groups -OCH3 is 1. The molecular formula is C29H33F3O2. The van der Waals surface area contributed by atoms with Gasteiger partial charge in [-0.05, 0) is 79.7 Å². The van der Waals surface area contributed by atoms with Gasteiger partial charge in [0, 0.05) is 5.56 Å². The first-order chi connectivity index (χ1) is 16.3. The summed E-state index contributed by atoms with van der Waals surface area (Å²) in [7, 11) is 1.37. The molecule has 0 spiro atoms. The zero-order valence-corrected chi connectivity index (χ0v) is 19.8. The Morgan fingerprint density at radius 3 is 2.21 bits per heavy atom. The summed E-state index contributed by atoms with van der Waals surface area (Å²) >= 11 is 0. The van der Waals surface area contributed by atoms with E-state index >= 15 is 0 Å². The number of hydrogen-bond acceptors (Lipinski definition) is 2. The van der Waals surface area contributed by atoms with Crippen LogP contribution in [0.2, 0.25) is 0 Å². The molecule has 2 aromatic carbocycles. The molecule has 2 nitrogen and oxygen atoms in total. The van der Waals surface area contributed by atoms with Crippen molar-refractivity contribution in [2.75, 3.05) is 7.11 Å². The maximum atomic E-state index is 14.9. The van der Waals surface area contributed by atoms with Gasteiger partial charge in [0.1, 0.15) is 11.5 Å². The van der Waals surface area contributed by atoms with Gasteiger partial charge in [0.2, 0.25) is 0 Å². The zero-order chi connectivity index (χ0) is 25.3. The minimum Gasteiger partial charge on any atom is -0.508 e. The number of ether oxygens (including phenoxy) is 1. The lowest BCUT2D eigenvalue weighted by Gasteiger charge is -2.29. The third-order valence-corrected chi connectivity index (χ3v) is 6.29. The number of rotatable bonds is 8. The normalized spacial score (nSPS) is 17.9. The van der Waals surface area contributed by atoms with Crippen LogP contribution in [0.3, 0.4) is 0 Å². The van der Waals surface area contributed by atoms with E-state index in [1.165, 1.54) is 25.3 Å². The molecule has 0 aromatic heterocycles.